The third kappa shape index (κ3) is 5.16. The molecule has 2 amide bonds. The van der Waals surface area contributed by atoms with Crippen LogP contribution in [0.25, 0.3) is 0 Å². The van der Waals surface area contributed by atoms with Gasteiger partial charge in [0.2, 0.25) is 11.7 Å². The van der Waals surface area contributed by atoms with Gasteiger partial charge in [-0.3, -0.25) is 9.59 Å². The SMILES string of the molecule is CCN(Cc1ccccc1)C(=O)CNC(=O)c1cc(OC)c(OC)c(OC)c1. The zero-order valence-electron chi connectivity index (χ0n) is 16.7. The Morgan fingerprint density at radius 2 is 1.57 bits per heavy atom. The highest BCUT2D eigenvalue weighted by Crippen LogP contribution is 2.38. The molecule has 7 heteroatoms. The average Bonchev–Trinajstić information content (AvgIpc) is 2.74. The Labute approximate surface area is 165 Å². The van der Waals surface area contributed by atoms with Crippen molar-refractivity contribution in [1.29, 1.82) is 0 Å². The van der Waals surface area contributed by atoms with Gasteiger partial charge >= 0.3 is 0 Å². The van der Waals surface area contributed by atoms with Gasteiger partial charge in [0.1, 0.15) is 0 Å². The first kappa shape index (κ1) is 21.1. The van der Waals surface area contributed by atoms with Gasteiger partial charge in [-0.1, -0.05) is 30.3 Å². The topological polar surface area (TPSA) is 77.1 Å². The Morgan fingerprint density at radius 1 is 0.964 bits per heavy atom. The van der Waals surface area contributed by atoms with Gasteiger partial charge in [0.05, 0.1) is 27.9 Å². The Balaban J connectivity index is 2.05. The molecule has 0 radical (unpaired) electrons. The molecule has 2 rings (SSSR count). The van der Waals surface area contributed by atoms with E-state index in [2.05, 4.69) is 5.32 Å². The van der Waals surface area contributed by atoms with Crippen LogP contribution in [0.5, 0.6) is 17.2 Å². The standard InChI is InChI=1S/C21H26N2O5/c1-5-23(14-15-9-7-6-8-10-15)19(24)13-22-21(25)16-11-17(26-2)20(28-4)18(12-16)27-3/h6-12H,5,13-14H2,1-4H3,(H,22,25). The molecule has 2 aromatic rings. The molecule has 2 aromatic carbocycles. The van der Waals surface area contributed by atoms with Crippen molar-refractivity contribution in [1.82, 2.24) is 10.2 Å². The fraction of sp³-hybridized carbons (Fsp3) is 0.333. The van der Waals surface area contributed by atoms with Crippen molar-refractivity contribution in [2.75, 3.05) is 34.4 Å². The Morgan fingerprint density at radius 3 is 2.07 bits per heavy atom. The summed E-state index contributed by atoms with van der Waals surface area (Å²) in [5.74, 6) is 0.586. The molecule has 0 heterocycles. The summed E-state index contributed by atoms with van der Waals surface area (Å²) in [6, 6.07) is 12.8. The van der Waals surface area contributed by atoms with Crippen molar-refractivity contribution in [3.63, 3.8) is 0 Å². The first-order chi connectivity index (χ1) is 13.5. The smallest absolute Gasteiger partial charge is 0.251 e. The number of nitrogens with one attached hydrogen (secondary N) is 1. The van der Waals surface area contributed by atoms with Crippen molar-refractivity contribution < 1.29 is 23.8 Å². The van der Waals surface area contributed by atoms with Crippen molar-refractivity contribution in [2.45, 2.75) is 13.5 Å². The van der Waals surface area contributed by atoms with Gasteiger partial charge in [0.25, 0.3) is 5.91 Å². The quantitative estimate of drug-likeness (QED) is 0.717. The molecular weight excluding hydrogens is 360 g/mol. The van der Waals surface area contributed by atoms with Crippen LogP contribution in [0.1, 0.15) is 22.8 Å². The first-order valence-corrected chi connectivity index (χ1v) is 8.93. The zero-order valence-corrected chi connectivity index (χ0v) is 16.7. The fourth-order valence-corrected chi connectivity index (χ4v) is 2.76. The van der Waals surface area contributed by atoms with Crippen LogP contribution in [-0.2, 0) is 11.3 Å². The maximum Gasteiger partial charge on any atom is 0.251 e. The van der Waals surface area contributed by atoms with E-state index in [4.69, 9.17) is 14.2 Å². The predicted molar refractivity (Wildman–Crippen MR) is 106 cm³/mol. The minimum atomic E-state index is -0.400. The van der Waals surface area contributed by atoms with Crippen molar-refractivity contribution in [2.24, 2.45) is 0 Å². The predicted octanol–water partition coefficient (Wildman–Crippen LogP) is 2.49. The summed E-state index contributed by atoms with van der Waals surface area (Å²) in [5, 5.41) is 2.66. The summed E-state index contributed by atoms with van der Waals surface area (Å²) in [5.41, 5.74) is 1.35. The van der Waals surface area contributed by atoms with Gasteiger partial charge in [-0.15, -0.1) is 0 Å². The lowest BCUT2D eigenvalue weighted by molar-refractivity contribution is -0.130. The third-order valence-electron chi connectivity index (χ3n) is 4.28. The molecule has 0 aliphatic rings. The Bertz CT molecular complexity index is 783. The van der Waals surface area contributed by atoms with E-state index in [0.29, 0.717) is 35.9 Å². The minimum absolute atomic E-state index is 0.101. The van der Waals surface area contributed by atoms with Crippen LogP contribution in [0.15, 0.2) is 42.5 Å². The molecule has 0 saturated carbocycles. The molecule has 0 aliphatic carbocycles. The molecule has 0 aliphatic heterocycles. The fourth-order valence-electron chi connectivity index (χ4n) is 2.76. The number of benzene rings is 2. The summed E-state index contributed by atoms with van der Waals surface area (Å²) in [7, 11) is 4.45. The number of nitrogens with zero attached hydrogens (tertiary/aromatic N) is 1. The van der Waals surface area contributed by atoms with E-state index in [9.17, 15) is 9.59 Å². The molecule has 0 bridgehead atoms. The van der Waals surface area contributed by atoms with Gasteiger partial charge in [-0.05, 0) is 24.6 Å². The van der Waals surface area contributed by atoms with Gasteiger partial charge in [-0.25, -0.2) is 0 Å². The number of amides is 2. The van der Waals surface area contributed by atoms with Crippen molar-refractivity contribution in [3.8, 4) is 17.2 Å². The Kier molecular flexibility index (Phi) is 7.68. The molecule has 0 atom stereocenters. The number of hydrogen-bond acceptors (Lipinski definition) is 5. The van der Waals surface area contributed by atoms with Crippen LogP contribution in [0.4, 0.5) is 0 Å². The van der Waals surface area contributed by atoms with Crippen LogP contribution in [0.3, 0.4) is 0 Å². The van der Waals surface area contributed by atoms with E-state index < -0.39 is 5.91 Å². The van der Waals surface area contributed by atoms with Crippen LogP contribution < -0.4 is 19.5 Å². The van der Waals surface area contributed by atoms with E-state index in [1.807, 2.05) is 37.3 Å². The van der Waals surface area contributed by atoms with E-state index in [-0.39, 0.29) is 12.5 Å². The highest BCUT2D eigenvalue weighted by atomic mass is 16.5. The number of hydrogen-bond donors (Lipinski definition) is 1. The van der Waals surface area contributed by atoms with Crippen molar-refractivity contribution >= 4 is 11.8 Å². The molecule has 0 unspecified atom stereocenters. The minimum Gasteiger partial charge on any atom is -0.493 e. The second-order valence-electron chi connectivity index (χ2n) is 5.99. The lowest BCUT2D eigenvalue weighted by Crippen LogP contribution is -2.39. The monoisotopic (exact) mass is 386 g/mol. The van der Waals surface area contributed by atoms with Gasteiger partial charge < -0.3 is 24.4 Å². The highest BCUT2D eigenvalue weighted by Gasteiger charge is 2.18. The number of methoxy groups -OCH3 is 3. The summed E-state index contributed by atoms with van der Waals surface area (Å²) < 4.78 is 15.8. The van der Waals surface area contributed by atoms with Crippen LogP contribution >= 0.6 is 0 Å². The van der Waals surface area contributed by atoms with Crippen molar-refractivity contribution in [3.05, 3.63) is 53.6 Å². The molecule has 28 heavy (non-hydrogen) atoms. The zero-order chi connectivity index (χ0) is 20.5. The normalized spacial score (nSPS) is 10.1. The maximum absolute atomic E-state index is 12.5. The number of carbonyl (C=O) groups excluding carboxylic acids is 2. The van der Waals surface area contributed by atoms with E-state index in [0.717, 1.165) is 5.56 Å². The Hall–Kier alpha value is -3.22. The number of likely N-dealkylation sites (N-methyl/N-ethyl adjacent to an activating group) is 1. The number of ether oxygens (including phenoxy) is 3. The van der Waals surface area contributed by atoms with E-state index in [1.54, 1.807) is 17.0 Å². The highest BCUT2D eigenvalue weighted by molar-refractivity contribution is 5.97. The largest absolute Gasteiger partial charge is 0.493 e. The summed E-state index contributed by atoms with van der Waals surface area (Å²) in [4.78, 5) is 26.7. The molecule has 150 valence electrons. The van der Waals surface area contributed by atoms with Gasteiger partial charge in [0.15, 0.2) is 11.5 Å². The average molecular weight is 386 g/mol. The lowest BCUT2D eigenvalue weighted by Gasteiger charge is -2.21. The molecule has 7 nitrogen and oxygen atoms in total. The second-order valence-corrected chi connectivity index (χ2v) is 5.99. The first-order valence-electron chi connectivity index (χ1n) is 8.93. The molecule has 0 aromatic heterocycles. The summed E-state index contributed by atoms with van der Waals surface area (Å²) in [6.07, 6.45) is 0. The van der Waals surface area contributed by atoms with E-state index >= 15 is 0 Å². The number of carbonyl (C=O) groups is 2. The molecule has 1 N–H and O–H groups in total. The van der Waals surface area contributed by atoms with Crippen LogP contribution in [-0.4, -0.2) is 51.1 Å². The lowest BCUT2D eigenvalue weighted by atomic mass is 10.1. The number of rotatable bonds is 9. The molecule has 0 saturated heterocycles. The summed E-state index contributed by atoms with van der Waals surface area (Å²) in [6.45, 7) is 2.85. The third-order valence-corrected chi connectivity index (χ3v) is 4.28. The second kappa shape index (κ2) is 10.2. The van der Waals surface area contributed by atoms with Crippen LogP contribution in [0, 0.1) is 0 Å². The molecular formula is C21H26N2O5. The maximum atomic E-state index is 12.5. The summed E-state index contributed by atoms with van der Waals surface area (Å²) >= 11 is 0. The van der Waals surface area contributed by atoms with Gasteiger partial charge in [-0.2, -0.15) is 0 Å². The molecule has 0 spiro atoms. The van der Waals surface area contributed by atoms with Gasteiger partial charge in [0, 0.05) is 18.7 Å². The van der Waals surface area contributed by atoms with Crippen LogP contribution in [0.2, 0.25) is 0 Å². The molecule has 0 fully saturated rings. The van der Waals surface area contributed by atoms with E-state index in [1.165, 1.54) is 21.3 Å².